The van der Waals surface area contributed by atoms with Gasteiger partial charge in [-0.2, -0.15) is 0 Å². The lowest BCUT2D eigenvalue weighted by Crippen LogP contribution is -2.32. The zero-order valence-electron chi connectivity index (χ0n) is 15.4. The molecule has 2 amide bonds. The molecule has 0 bridgehead atoms. The summed E-state index contributed by atoms with van der Waals surface area (Å²) < 4.78 is 7.07. The molecule has 0 aliphatic rings. The van der Waals surface area contributed by atoms with Crippen LogP contribution in [-0.4, -0.2) is 34.7 Å². The van der Waals surface area contributed by atoms with Crippen LogP contribution >= 0.6 is 0 Å². The average Bonchev–Trinajstić information content (AvgIpc) is 2.98. The highest BCUT2D eigenvalue weighted by Crippen LogP contribution is 2.17. The van der Waals surface area contributed by atoms with Gasteiger partial charge in [-0.3, -0.25) is 0 Å². The number of nitrogens with one attached hydrogen (secondary N) is 2. The topological polar surface area (TPSA) is 85.2 Å². The van der Waals surface area contributed by atoms with Crippen LogP contribution in [0.5, 0.6) is 0 Å². The van der Waals surface area contributed by atoms with E-state index in [0.717, 1.165) is 16.9 Å². The van der Waals surface area contributed by atoms with Crippen molar-refractivity contribution >= 4 is 28.7 Å². The summed E-state index contributed by atoms with van der Waals surface area (Å²) in [6.07, 6.45) is 0. The highest BCUT2D eigenvalue weighted by atomic mass is 16.5. The van der Waals surface area contributed by atoms with Crippen LogP contribution in [0.3, 0.4) is 0 Å². The molecule has 3 rings (SSSR count). The molecular weight excluding hydrogens is 344 g/mol. The Morgan fingerprint density at radius 2 is 1.85 bits per heavy atom. The van der Waals surface area contributed by atoms with Gasteiger partial charge in [-0.25, -0.2) is 14.6 Å². The number of carbonyl (C=O) groups is 2. The fourth-order valence-corrected chi connectivity index (χ4v) is 2.90. The summed E-state index contributed by atoms with van der Waals surface area (Å²) in [7, 11) is 0. The number of carbonyl (C=O) groups excluding carboxylic acids is 2. The first kappa shape index (κ1) is 18.4. The molecule has 0 spiro atoms. The van der Waals surface area contributed by atoms with Gasteiger partial charge in [0.05, 0.1) is 28.9 Å². The van der Waals surface area contributed by atoms with Crippen molar-refractivity contribution < 1.29 is 14.3 Å². The van der Waals surface area contributed by atoms with Gasteiger partial charge in [0, 0.05) is 13.1 Å². The van der Waals surface area contributed by atoms with Crippen LogP contribution in [0.15, 0.2) is 48.5 Å². The molecule has 0 atom stereocenters. The number of anilines is 1. The highest BCUT2D eigenvalue weighted by molar-refractivity contribution is 6.00. The lowest BCUT2D eigenvalue weighted by molar-refractivity contribution is 0.0527. The summed E-state index contributed by atoms with van der Waals surface area (Å²) in [6.45, 7) is 4.98. The summed E-state index contributed by atoms with van der Waals surface area (Å²) in [5.74, 6) is 0.431. The van der Waals surface area contributed by atoms with Crippen LogP contribution in [-0.2, 0) is 11.3 Å². The molecule has 2 N–H and O–H groups in total. The molecule has 0 aliphatic heterocycles. The van der Waals surface area contributed by atoms with E-state index >= 15 is 0 Å². The Kier molecular flexibility index (Phi) is 5.71. The Morgan fingerprint density at radius 1 is 1.11 bits per heavy atom. The number of nitrogens with zero attached hydrogens (tertiary/aromatic N) is 2. The monoisotopic (exact) mass is 366 g/mol. The van der Waals surface area contributed by atoms with Gasteiger partial charge < -0.3 is 19.9 Å². The number of esters is 1. The highest BCUT2D eigenvalue weighted by Gasteiger charge is 2.14. The van der Waals surface area contributed by atoms with Gasteiger partial charge in [-0.15, -0.1) is 0 Å². The van der Waals surface area contributed by atoms with Crippen molar-refractivity contribution in [1.29, 1.82) is 0 Å². The van der Waals surface area contributed by atoms with Gasteiger partial charge in [0.15, 0.2) is 0 Å². The number of urea groups is 1. The maximum absolute atomic E-state index is 12.2. The Hall–Kier alpha value is -3.35. The summed E-state index contributed by atoms with van der Waals surface area (Å²) in [6, 6.07) is 14.3. The summed E-state index contributed by atoms with van der Waals surface area (Å²) in [5.41, 5.74) is 2.70. The number of amides is 2. The third-order valence-electron chi connectivity index (χ3n) is 4.14. The molecule has 140 valence electrons. The SMILES string of the molecule is CCOC(=O)c1ccccc1NC(=O)NCCn1c(C)nc2ccccc21. The lowest BCUT2D eigenvalue weighted by Gasteiger charge is -2.12. The molecule has 0 saturated carbocycles. The maximum Gasteiger partial charge on any atom is 0.340 e. The van der Waals surface area contributed by atoms with Crippen LogP contribution in [0.2, 0.25) is 0 Å². The molecule has 1 heterocycles. The Balaban J connectivity index is 1.61. The number of aryl methyl sites for hydroxylation is 1. The molecule has 0 aliphatic carbocycles. The summed E-state index contributed by atoms with van der Waals surface area (Å²) in [5, 5.41) is 5.51. The summed E-state index contributed by atoms with van der Waals surface area (Å²) in [4.78, 5) is 28.7. The second kappa shape index (κ2) is 8.35. The number of imidazole rings is 1. The van der Waals surface area contributed by atoms with E-state index in [1.165, 1.54) is 0 Å². The molecular formula is C20H22N4O3. The van der Waals surface area contributed by atoms with E-state index < -0.39 is 5.97 Å². The van der Waals surface area contributed by atoms with Crippen molar-refractivity contribution in [2.24, 2.45) is 0 Å². The summed E-state index contributed by atoms with van der Waals surface area (Å²) >= 11 is 0. The van der Waals surface area contributed by atoms with Crippen molar-refractivity contribution in [1.82, 2.24) is 14.9 Å². The third kappa shape index (κ3) is 4.25. The normalized spacial score (nSPS) is 10.6. The first-order valence-electron chi connectivity index (χ1n) is 8.83. The molecule has 2 aromatic carbocycles. The van der Waals surface area contributed by atoms with E-state index in [1.807, 2.05) is 31.2 Å². The number of fused-ring (bicyclic) bond motifs is 1. The zero-order chi connectivity index (χ0) is 19.2. The van der Waals surface area contributed by atoms with E-state index in [0.29, 0.717) is 24.3 Å². The fraction of sp³-hybridized carbons (Fsp3) is 0.250. The zero-order valence-corrected chi connectivity index (χ0v) is 15.4. The number of hydrogen-bond acceptors (Lipinski definition) is 4. The molecule has 1 aromatic heterocycles. The molecule has 27 heavy (non-hydrogen) atoms. The number of aromatic nitrogens is 2. The van der Waals surface area contributed by atoms with Gasteiger partial charge in [0.2, 0.25) is 0 Å². The number of benzene rings is 2. The predicted octanol–water partition coefficient (Wildman–Crippen LogP) is 3.34. The minimum atomic E-state index is -0.464. The van der Waals surface area contributed by atoms with Crippen LogP contribution in [0.25, 0.3) is 11.0 Å². The van der Waals surface area contributed by atoms with Gasteiger partial charge >= 0.3 is 12.0 Å². The minimum Gasteiger partial charge on any atom is -0.462 e. The number of rotatable bonds is 6. The van der Waals surface area contributed by atoms with Crippen molar-refractivity contribution in [3.63, 3.8) is 0 Å². The van der Waals surface area contributed by atoms with Crippen molar-refractivity contribution in [2.45, 2.75) is 20.4 Å². The van der Waals surface area contributed by atoms with E-state index in [9.17, 15) is 9.59 Å². The minimum absolute atomic E-state index is 0.275. The fourth-order valence-electron chi connectivity index (χ4n) is 2.90. The van der Waals surface area contributed by atoms with Crippen LogP contribution in [0.4, 0.5) is 10.5 Å². The molecule has 0 unspecified atom stereocenters. The third-order valence-corrected chi connectivity index (χ3v) is 4.14. The van der Waals surface area contributed by atoms with E-state index in [1.54, 1.807) is 31.2 Å². The molecule has 0 radical (unpaired) electrons. The Labute approximate surface area is 157 Å². The van der Waals surface area contributed by atoms with Crippen LogP contribution < -0.4 is 10.6 Å². The van der Waals surface area contributed by atoms with E-state index in [4.69, 9.17) is 4.74 Å². The second-order valence-corrected chi connectivity index (χ2v) is 5.95. The van der Waals surface area contributed by atoms with E-state index in [2.05, 4.69) is 20.2 Å². The molecule has 0 fully saturated rings. The van der Waals surface area contributed by atoms with Crippen molar-refractivity contribution in [3.05, 3.63) is 59.9 Å². The van der Waals surface area contributed by atoms with Gasteiger partial charge in [0.25, 0.3) is 0 Å². The first-order valence-corrected chi connectivity index (χ1v) is 8.83. The van der Waals surface area contributed by atoms with Crippen molar-refractivity contribution in [3.8, 4) is 0 Å². The molecule has 7 heteroatoms. The van der Waals surface area contributed by atoms with E-state index in [-0.39, 0.29) is 12.6 Å². The van der Waals surface area contributed by atoms with Gasteiger partial charge in [-0.05, 0) is 38.1 Å². The smallest absolute Gasteiger partial charge is 0.340 e. The largest absolute Gasteiger partial charge is 0.462 e. The number of hydrogen-bond donors (Lipinski definition) is 2. The number of para-hydroxylation sites is 3. The van der Waals surface area contributed by atoms with Gasteiger partial charge in [0.1, 0.15) is 5.82 Å². The average molecular weight is 366 g/mol. The van der Waals surface area contributed by atoms with Gasteiger partial charge in [-0.1, -0.05) is 24.3 Å². The number of ether oxygens (including phenoxy) is 1. The first-order chi connectivity index (χ1) is 13.1. The quantitative estimate of drug-likeness (QED) is 0.655. The Bertz CT molecular complexity index is 965. The molecule has 0 saturated heterocycles. The maximum atomic E-state index is 12.2. The standard InChI is InChI=1S/C20H22N4O3/c1-3-27-19(25)15-8-4-5-9-16(15)23-20(26)21-12-13-24-14(2)22-17-10-6-7-11-18(17)24/h4-11H,3,12-13H2,1-2H3,(H2,21,23,26). The lowest BCUT2D eigenvalue weighted by atomic mass is 10.2. The Morgan fingerprint density at radius 3 is 2.67 bits per heavy atom. The molecule has 7 nitrogen and oxygen atoms in total. The van der Waals surface area contributed by atoms with Crippen LogP contribution in [0.1, 0.15) is 23.1 Å². The van der Waals surface area contributed by atoms with Crippen molar-refractivity contribution in [2.75, 3.05) is 18.5 Å². The predicted molar refractivity (Wildman–Crippen MR) is 104 cm³/mol. The second-order valence-electron chi connectivity index (χ2n) is 5.95. The van der Waals surface area contributed by atoms with Crippen LogP contribution in [0, 0.1) is 6.92 Å². The molecule has 3 aromatic rings.